The maximum absolute atomic E-state index is 10.8. The number of benzene rings is 1. The largest absolute Gasteiger partial charge is 0.484 e. The van der Waals surface area contributed by atoms with Gasteiger partial charge in [-0.05, 0) is 31.7 Å². The second-order valence-corrected chi connectivity index (χ2v) is 4.33. The molecule has 0 saturated carbocycles. The first-order chi connectivity index (χ1) is 8.90. The van der Waals surface area contributed by atoms with Crippen LogP contribution in [0.4, 0.5) is 0 Å². The Morgan fingerprint density at radius 3 is 2.42 bits per heavy atom. The van der Waals surface area contributed by atoms with Gasteiger partial charge < -0.3 is 15.6 Å². The first-order valence-corrected chi connectivity index (χ1v) is 5.83. The van der Waals surface area contributed by atoms with Crippen LogP contribution in [-0.2, 0) is 16.1 Å². The molecule has 0 spiro atoms. The van der Waals surface area contributed by atoms with Crippen LogP contribution in [-0.4, -0.2) is 41.6 Å². The predicted molar refractivity (Wildman–Crippen MR) is 69.7 cm³/mol. The van der Waals surface area contributed by atoms with E-state index in [0.29, 0.717) is 12.3 Å². The molecule has 6 nitrogen and oxygen atoms in total. The number of rotatable bonds is 7. The zero-order valence-electron chi connectivity index (χ0n) is 11.0. The van der Waals surface area contributed by atoms with Crippen molar-refractivity contribution < 1.29 is 19.4 Å². The molecule has 0 fully saturated rings. The summed E-state index contributed by atoms with van der Waals surface area (Å²) in [7, 11) is 1.75. The average molecular weight is 266 g/mol. The van der Waals surface area contributed by atoms with E-state index >= 15 is 0 Å². The molecule has 1 unspecified atom stereocenters. The van der Waals surface area contributed by atoms with E-state index in [1.54, 1.807) is 31.0 Å². The van der Waals surface area contributed by atoms with Crippen molar-refractivity contribution in [3.63, 3.8) is 0 Å². The van der Waals surface area contributed by atoms with Gasteiger partial charge in [-0.2, -0.15) is 0 Å². The molecule has 0 aromatic heterocycles. The van der Waals surface area contributed by atoms with Gasteiger partial charge in [-0.3, -0.25) is 14.5 Å². The van der Waals surface area contributed by atoms with Crippen LogP contribution < -0.4 is 10.5 Å². The third-order valence-electron chi connectivity index (χ3n) is 2.75. The van der Waals surface area contributed by atoms with E-state index in [1.165, 1.54) is 0 Å². The lowest BCUT2D eigenvalue weighted by atomic mass is 10.2. The molecule has 1 aromatic rings. The third kappa shape index (κ3) is 4.97. The standard InChI is InChI=1S/C13H18N2O4/c1-9(13(17)18)15(2)7-10-3-5-11(6-4-10)19-8-12(14)16/h3-6,9H,7-8H2,1-2H3,(H2,14,16)(H,17,18). The number of likely N-dealkylation sites (N-methyl/N-ethyl adjacent to an activating group) is 1. The van der Waals surface area contributed by atoms with E-state index in [4.69, 9.17) is 15.6 Å². The first-order valence-electron chi connectivity index (χ1n) is 5.83. The van der Waals surface area contributed by atoms with Gasteiger partial charge in [-0.25, -0.2) is 0 Å². The van der Waals surface area contributed by atoms with Crippen molar-refractivity contribution >= 4 is 11.9 Å². The summed E-state index contributed by atoms with van der Waals surface area (Å²) in [4.78, 5) is 23.1. The third-order valence-corrected chi connectivity index (χ3v) is 2.75. The van der Waals surface area contributed by atoms with Gasteiger partial charge in [0, 0.05) is 6.54 Å². The second kappa shape index (κ2) is 6.75. The quantitative estimate of drug-likeness (QED) is 0.747. The fourth-order valence-corrected chi connectivity index (χ4v) is 1.46. The van der Waals surface area contributed by atoms with Gasteiger partial charge in [-0.1, -0.05) is 12.1 Å². The van der Waals surface area contributed by atoms with E-state index in [-0.39, 0.29) is 6.61 Å². The van der Waals surface area contributed by atoms with Gasteiger partial charge in [0.2, 0.25) is 0 Å². The fourth-order valence-electron chi connectivity index (χ4n) is 1.46. The minimum absolute atomic E-state index is 0.157. The van der Waals surface area contributed by atoms with Crippen molar-refractivity contribution in [2.24, 2.45) is 5.73 Å². The van der Waals surface area contributed by atoms with Gasteiger partial charge >= 0.3 is 5.97 Å². The monoisotopic (exact) mass is 266 g/mol. The van der Waals surface area contributed by atoms with Crippen molar-refractivity contribution in [3.8, 4) is 5.75 Å². The van der Waals surface area contributed by atoms with E-state index in [9.17, 15) is 9.59 Å². The highest BCUT2D eigenvalue weighted by molar-refractivity contribution is 5.75. The van der Waals surface area contributed by atoms with Crippen molar-refractivity contribution in [1.82, 2.24) is 4.90 Å². The van der Waals surface area contributed by atoms with Crippen LogP contribution in [0.25, 0.3) is 0 Å². The van der Waals surface area contributed by atoms with Gasteiger partial charge in [0.15, 0.2) is 6.61 Å². The molecular formula is C13H18N2O4. The van der Waals surface area contributed by atoms with E-state index in [2.05, 4.69) is 0 Å². The number of ether oxygens (including phenoxy) is 1. The zero-order valence-corrected chi connectivity index (χ0v) is 11.0. The van der Waals surface area contributed by atoms with Crippen LogP contribution >= 0.6 is 0 Å². The van der Waals surface area contributed by atoms with Crippen LogP contribution in [0.2, 0.25) is 0 Å². The highest BCUT2D eigenvalue weighted by atomic mass is 16.5. The first kappa shape index (κ1) is 15.0. The number of carboxylic acid groups (broad SMARTS) is 1. The van der Waals surface area contributed by atoms with Crippen molar-refractivity contribution in [2.45, 2.75) is 19.5 Å². The number of nitrogens with zero attached hydrogens (tertiary/aromatic N) is 1. The van der Waals surface area contributed by atoms with Gasteiger partial charge in [0.25, 0.3) is 5.91 Å². The summed E-state index contributed by atoms with van der Waals surface area (Å²) < 4.78 is 5.13. The van der Waals surface area contributed by atoms with E-state index < -0.39 is 17.9 Å². The molecule has 0 aliphatic heterocycles. The molecule has 0 saturated heterocycles. The van der Waals surface area contributed by atoms with Crippen molar-refractivity contribution in [2.75, 3.05) is 13.7 Å². The molecule has 1 amide bonds. The highest BCUT2D eigenvalue weighted by Crippen LogP contribution is 2.14. The molecule has 3 N–H and O–H groups in total. The summed E-state index contributed by atoms with van der Waals surface area (Å²) in [5, 5.41) is 8.89. The molecule has 1 atom stereocenters. The molecule has 0 bridgehead atoms. The Labute approximate surface area is 111 Å². The summed E-state index contributed by atoms with van der Waals surface area (Å²) in [6.07, 6.45) is 0. The minimum atomic E-state index is -0.857. The number of amides is 1. The maximum atomic E-state index is 10.8. The van der Waals surface area contributed by atoms with Gasteiger partial charge in [0.05, 0.1) is 0 Å². The number of primary amides is 1. The summed E-state index contributed by atoms with van der Waals surface area (Å²) in [5.74, 6) is -0.834. The van der Waals surface area contributed by atoms with E-state index in [0.717, 1.165) is 5.56 Å². The lowest BCUT2D eigenvalue weighted by Crippen LogP contribution is -2.35. The van der Waals surface area contributed by atoms with Crippen LogP contribution in [0.1, 0.15) is 12.5 Å². The van der Waals surface area contributed by atoms with Crippen molar-refractivity contribution in [1.29, 1.82) is 0 Å². The number of hydrogen-bond donors (Lipinski definition) is 2. The lowest BCUT2D eigenvalue weighted by molar-refractivity contribution is -0.142. The van der Waals surface area contributed by atoms with Gasteiger partial charge in [0.1, 0.15) is 11.8 Å². The Morgan fingerprint density at radius 2 is 1.95 bits per heavy atom. The predicted octanol–water partition coefficient (Wildman–Crippen LogP) is 0.456. The molecule has 0 heterocycles. The number of carboxylic acids is 1. The summed E-state index contributed by atoms with van der Waals surface area (Å²) in [6.45, 7) is 1.99. The Kier molecular flexibility index (Phi) is 5.32. The molecule has 1 rings (SSSR count). The molecule has 0 aliphatic carbocycles. The average Bonchev–Trinajstić information content (AvgIpc) is 2.36. The van der Waals surface area contributed by atoms with Crippen LogP contribution in [0, 0.1) is 0 Å². The Balaban J connectivity index is 2.56. The lowest BCUT2D eigenvalue weighted by Gasteiger charge is -2.21. The Morgan fingerprint density at radius 1 is 1.37 bits per heavy atom. The summed E-state index contributed by atoms with van der Waals surface area (Å²) in [5.41, 5.74) is 5.93. The van der Waals surface area contributed by atoms with Gasteiger partial charge in [-0.15, -0.1) is 0 Å². The molecule has 1 aromatic carbocycles. The Hall–Kier alpha value is -2.08. The fraction of sp³-hybridized carbons (Fsp3) is 0.385. The number of carbonyl (C=O) groups excluding carboxylic acids is 1. The van der Waals surface area contributed by atoms with Crippen LogP contribution in [0.5, 0.6) is 5.75 Å². The highest BCUT2D eigenvalue weighted by Gasteiger charge is 2.16. The minimum Gasteiger partial charge on any atom is -0.484 e. The molecule has 0 radical (unpaired) electrons. The molecule has 19 heavy (non-hydrogen) atoms. The number of nitrogens with two attached hydrogens (primary N) is 1. The Bertz CT molecular complexity index is 444. The number of hydrogen-bond acceptors (Lipinski definition) is 4. The zero-order chi connectivity index (χ0) is 14.4. The smallest absolute Gasteiger partial charge is 0.320 e. The van der Waals surface area contributed by atoms with Crippen LogP contribution in [0.3, 0.4) is 0 Å². The normalized spacial score (nSPS) is 12.2. The number of carbonyl (C=O) groups is 2. The van der Waals surface area contributed by atoms with E-state index in [1.807, 2.05) is 12.1 Å². The van der Waals surface area contributed by atoms with Crippen molar-refractivity contribution in [3.05, 3.63) is 29.8 Å². The second-order valence-electron chi connectivity index (χ2n) is 4.33. The maximum Gasteiger partial charge on any atom is 0.320 e. The molecule has 6 heteroatoms. The number of aliphatic carboxylic acids is 1. The molecule has 104 valence electrons. The topological polar surface area (TPSA) is 92.9 Å². The molecular weight excluding hydrogens is 248 g/mol. The molecule has 0 aliphatic rings. The van der Waals surface area contributed by atoms with Crippen LogP contribution in [0.15, 0.2) is 24.3 Å². The summed E-state index contributed by atoms with van der Waals surface area (Å²) >= 11 is 0. The summed E-state index contributed by atoms with van der Waals surface area (Å²) in [6, 6.07) is 6.53. The SMILES string of the molecule is CC(C(=O)O)N(C)Cc1ccc(OCC(N)=O)cc1.